The number of hydrogen-bond donors (Lipinski definition) is 1. The first-order valence-electron chi connectivity index (χ1n) is 5.78. The molecule has 94 valence electrons. The van der Waals surface area contributed by atoms with Gasteiger partial charge >= 0.3 is 0 Å². The third kappa shape index (κ3) is 2.25. The molecule has 0 saturated carbocycles. The third-order valence-electron chi connectivity index (χ3n) is 2.92. The molecule has 0 radical (unpaired) electrons. The van der Waals surface area contributed by atoms with Gasteiger partial charge in [-0.2, -0.15) is 4.98 Å². The minimum absolute atomic E-state index is 0.278. The van der Waals surface area contributed by atoms with Gasteiger partial charge in [-0.3, -0.25) is 4.90 Å². The molecule has 0 spiro atoms. The molecule has 2 aromatic rings. The SMILES string of the molecule is NC1CN(Cc2noc(-c3ccccc3Cl)n2)C1. The lowest BCUT2D eigenvalue weighted by Crippen LogP contribution is -2.55. The van der Waals surface area contributed by atoms with Crippen molar-refractivity contribution < 1.29 is 4.52 Å². The third-order valence-corrected chi connectivity index (χ3v) is 3.25. The minimum Gasteiger partial charge on any atom is -0.334 e. The second-order valence-corrected chi connectivity index (χ2v) is 4.86. The molecule has 0 aliphatic carbocycles. The fraction of sp³-hybridized carbons (Fsp3) is 0.333. The number of likely N-dealkylation sites (tertiary alicyclic amines) is 1. The zero-order valence-corrected chi connectivity index (χ0v) is 10.5. The van der Waals surface area contributed by atoms with E-state index in [0.717, 1.165) is 18.7 Å². The molecule has 0 bridgehead atoms. The van der Waals surface area contributed by atoms with E-state index in [-0.39, 0.29) is 6.04 Å². The van der Waals surface area contributed by atoms with Crippen LogP contribution in [0.5, 0.6) is 0 Å². The van der Waals surface area contributed by atoms with Crippen LogP contribution in [0.15, 0.2) is 28.8 Å². The Hall–Kier alpha value is -1.43. The molecule has 2 N–H and O–H groups in total. The normalized spacial score (nSPS) is 16.8. The molecule has 0 unspecified atom stereocenters. The Morgan fingerprint density at radius 2 is 2.17 bits per heavy atom. The van der Waals surface area contributed by atoms with Crippen molar-refractivity contribution in [1.82, 2.24) is 15.0 Å². The van der Waals surface area contributed by atoms with Crippen LogP contribution in [-0.4, -0.2) is 34.2 Å². The Balaban J connectivity index is 1.75. The van der Waals surface area contributed by atoms with Crippen LogP contribution in [0.4, 0.5) is 0 Å². The van der Waals surface area contributed by atoms with Crippen molar-refractivity contribution in [2.45, 2.75) is 12.6 Å². The van der Waals surface area contributed by atoms with Crippen molar-refractivity contribution in [2.24, 2.45) is 5.73 Å². The maximum atomic E-state index is 6.08. The van der Waals surface area contributed by atoms with Crippen LogP contribution in [0, 0.1) is 0 Å². The second-order valence-electron chi connectivity index (χ2n) is 4.45. The first-order chi connectivity index (χ1) is 8.72. The summed E-state index contributed by atoms with van der Waals surface area (Å²) in [6.07, 6.45) is 0. The summed E-state index contributed by atoms with van der Waals surface area (Å²) in [6.45, 7) is 2.44. The van der Waals surface area contributed by atoms with E-state index < -0.39 is 0 Å². The van der Waals surface area contributed by atoms with Crippen LogP contribution in [0.1, 0.15) is 5.82 Å². The molecular formula is C12H13ClN4O. The van der Waals surface area contributed by atoms with Crippen LogP contribution in [0.25, 0.3) is 11.5 Å². The summed E-state index contributed by atoms with van der Waals surface area (Å²) in [5.41, 5.74) is 6.48. The van der Waals surface area contributed by atoms with Crippen LogP contribution < -0.4 is 5.73 Å². The van der Waals surface area contributed by atoms with E-state index in [1.54, 1.807) is 6.07 Å². The molecule has 1 saturated heterocycles. The average molecular weight is 265 g/mol. The lowest BCUT2D eigenvalue weighted by Gasteiger charge is -2.35. The van der Waals surface area contributed by atoms with Gasteiger partial charge in [0.1, 0.15) is 0 Å². The largest absolute Gasteiger partial charge is 0.334 e. The molecule has 1 fully saturated rings. The van der Waals surface area contributed by atoms with E-state index in [9.17, 15) is 0 Å². The highest BCUT2D eigenvalue weighted by Crippen LogP contribution is 2.26. The van der Waals surface area contributed by atoms with Crippen LogP contribution in [-0.2, 0) is 6.54 Å². The predicted molar refractivity (Wildman–Crippen MR) is 68.0 cm³/mol. The minimum atomic E-state index is 0.278. The molecule has 2 heterocycles. The van der Waals surface area contributed by atoms with Gasteiger partial charge in [0.15, 0.2) is 5.82 Å². The highest BCUT2D eigenvalue weighted by atomic mass is 35.5. The van der Waals surface area contributed by atoms with E-state index in [0.29, 0.717) is 23.3 Å². The van der Waals surface area contributed by atoms with Crippen molar-refractivity contribution in [3.05, 3.63) is 35.1 Å². The molecule has 1 aliphatic rings. The lowest BCUT2D eigenvalue weighted by molar-refractivity contribution is 0.137. The topological polar surface area (TPSA) is 68.2 Å². The number of benzene rings is 1. The van der Waals surface area contributed by atoms with Crippen molar-refractivity contribution in [2.75, 3.05) is 13.1 Å². The van der Waals surface area contributed by atoms with Crippen molar-refractivity contribution in [1.29, 1.82) is 0 Å². The van der Waals surface area contributed by atoms with Crippen LogP contribution in [0.2, 0.25) is 5.02 Å². The standard InChI is InChI=1S/C12H13ClN4O/c13-10-4-2-1-3-9(10)12-15-11(16-18-12)7-17-5-8(14)6-17/h1-4,8H,5-7,14H2. The van der Waals surface area contributed by atoms with Gasteiger partial charge in [0.05, 0.1) is 17.1 Å². The Bertz CT molecular complexity index is 551. The Labute approximate surface area is 110 Å². The summed E-state index contributed by atoms with van der Waals surface area (Å²) in [5, 5.41) is 4.56. The molecule has 6 heteroatoms. The van der Waals surface area contributed by atoms with E-state index >= 15 is 0 Å². The highest BCUT2D eigenvalue weighted by Gasteiger charge is 2.24. The van der Waals surface area contributed by atoms with Crippen molar-refractivity contribution in [3.63, 3.8) is 0 Å². The van der Waals surface area contributed by atoms with Gasteiger partial charge in [0.2, 0.25) is 0 Å². The molecule has 1 aromatic carbocycles. The molecule has 1 aliphatic heterocycles. The summed E-state index contributed by atoms with van der Waals surface area (Å²) in [7, 11) is 0. The number of rotatable bonds is 3. The smallest absolute Gasteiger partial charge is 0.259 e. The summed E-state index contributed by atoms with van der Waals surface area (Å²) >= 11 is 6.08. The van der Waals surface area contributed by atoms with E-state index in [4.69, 9.17) is 21.9 Å². The van der Waals surface area contributed by atoms with E-state index in [1.165, 1.54) is 0 Å². The zero-order valence-electron chi connectivity index (χ0n) is 9.71. The van der Waals surface area contributed by atoms with E-state index in [1.807, 2.05) is 18.2 Å². The first-order valence-corrected chi connectivity index (χ1v) is 6.15. The summed E-state index contributed by atoms with van der Waals surface area (Å²) in [6, 6.07) is 7.69. The number of aromatic nitrogens is 2. The Morgan fingerprint density at radius 1 is 1.39 bits per heavy atom. The maximum absolute atomic E-state index is 6.08. The molecule has 0 atom stereocenters. The number of nitrogens with zero attached hydrogens (tertiary/aromatic N) is 3. The molecule has 0 amide bonds. The number of halogens is 1. The van der Waals surface area contributed by atoms with Crippen molar-refractivity contribution >= 4 is 11.6 Å². The molecule has 5 nitrogen and oxygen atoms in total. The maximum Gasteiger partial charge on any atom is 0.259 e. The molecule has 1 aromatic heterocycles. The van der Waals surface area contributed by atoms with Crippen molar-refractivity contribution in [3.8, 4) is 11.5 Å². The number of nitrogens with two attached hydrogens (primary N) is 1. The van der Waals surface area contributed by atoms with Gasteiger partial charge < -0.3 is 10.3 Å². The van der Waals surface area contributed by atoms with Gasteiger partial charge in [0, 0.05) is 19.1 Å². The van der Waals surface area contributed by atoms with Crippen LogP contribution >= 0.6 is 11.6 Å². The fourth-order valence-corrected chi connectivity index (χ4v) is 2.22. The molecule has 3 rings (SSSR count). The fourth-order valence-electron chi connectivity index (χ4n) is 2.00. The lowest BCUT2D eigenvalue weighted by atomic mass is 10.1. The van der Waals surface area contributed by atoms with Gasteiger partial charge in [-0.25, -0.2) is 0 Å². The van der Waals surface area contributed by atoms with Gasteiger partial charge in [0.25, 0.3) is 5.89 Å². The van der Waals surface area contributed by atoms with E-state index in [2.05, 4.69) is 15.0 Å². The molecular weight excluding hydrogens is 252 g/mol. The monoisotopic (exact) mass is 264 g/mol. The first kappa shape index (κ1) is 11.6. The van der Waals surface area contributed by atoms with Crippen LogP contribution in [0.3, 0.4) is 0 Å². The zero-order chi connectivity index (χ0) is 12.5. The van der Waals surface area contributed by atoms with Gasteiger partial charge in [-0.15, -0.1) is 0 Å². The Kier molecular flexibility index (Phi) is 3.03. The Morgan fingerprint density at radius 3 is 2.89 bits per heavy atom. The number of hydrogen-bond acceptors (Lipinski definition) is 5. The molecule has 18 heavy (non-hydrogen) atoms. The summed E-state index contributed by atoms with van der Waals surface area (Å²) in [4.78, 5) is 6.52. The van der Waals surface area contributed by atoms with Gasteiger partial charge in [-0.1, -0.05) is 28.9 Å². The highest BCUT2D eigenvalue weighted by molar-refractivity contribution is 6.33. The van der Waals surface area contributed by atoms with Gasteiger partial charge in [-0.05, 0) is 12.1 Å². The summed E-state index contributed by atoms with van der Waals surface area (Å²) < 4.78 is 5.22. The quantitative estimate of drug-likeness (QED) is 0.911. The predicted octanol–water partition coefficient (Wildman–Crippen LogP) is 1.53. The average Bonchev–Trinajstić information content (AvgIpc) is 2.76. The second kappa shape index (κ2) is 4.68. The summed E-state index contributed by atoms with van der Waals surface area (Å²) in [5.74, 6) is 1.12.